The molecule has 0 saturated heterocycles. The van der Waals surface area contributed by atoms with Gasteiger partial charge in [0.1, 0.15) is 5.82 Å². The maximum atomic E-state index is 13.2. The molecule has 0 radical (unpaired) electrons. The normalized spacial score (nSPS) is 20.4. The number of hydrogen-bond acceptors (Lipinski definition) is 3. The second kappa shape index (κ2) is 5.40. The highest BCUT2D eigenvalue weighted by atomic mass is 19.1. The Morgan fingerprint density at radius 3 is 2.48 bits per heavy atom. The smallest absolute Gasteiger partial charge is 0.318 e. The van der Waals surface area contributed by atoms with Crippen molar-refractivity contribution in [2.24, 2.45) is 10.7 Å². The molecule has 0 bridgehead atoms. The number of quaternary nitrogens is 1. The number of primary amides is 1. The van der Waals surface area contributed by atoms with Crippen molar-refractivity contribution in [3.63, 3.8) is 0 Å². The second-order valence-corrected chi connectivity index (χ2v) is 5.43. The van der Waals surface area contributed by atoms with Crippen molar-refractivity contribution in [3.8, 4) is 0 Å². The molecule has 1 aliphatic heterocycles. The third-order valence-electron chi connectivity index (χ3n) is 4.07. The van der Waals surface area contributed by atoms with Crippen LogP contribution in [-0.4, -0.2) is 31.2 Å². The van der Waals surface area contributed by atoms with Crippen LogP contribution in [0.3, 0.4) is 0 Å². The van der Waals surface area contributed by atoms with E-state index in [4.69, 9.17) is 5.73 Å². The van der Waals surface area contributed by atoms with E-state index >= 15 is 0 Å². The van der Waals surface area contributed by atoms with Gasteiger partial charge >= 0.3 is 11.9 Å². The Hall–Kier alpha value is -2.86. The minimum atomic E-state index is -0.766. The first-order valence-corrected chi connectivity index (χ1v) is 7.05. The Labute approximate surface area is 132 Å². The lowest BCUT2D eigenvalue weighted by Gasteiger charge is -2.26. The van der Waals surface area contributed by atoms with Gasteiger partial charge in [-0.25, -0.2) is 14.0 Å². The zero-order valence-corrected chi connectivity index (χ0v) is 12.5. The Balaban J connectivity index is 2.25. The number of para-hydroxylation sites is 1. The fourth-order valence-corrected chi connectivity index (χ4v) is 2.67. The van der Waals surface area contributed by atoms with Crippen molar-refractivity contribution in [2.45, 2.75) is 0 Å². The molecule has 6 heteroatoms. The molecular formula is C17H15FN3O2+. The number of benzene rings is 2. The molecule has 3 amide bonds. The van der Waals surface area contributed by atoms with Gasteiger partial charge in [0.05, 0.1) is 18.3 Å². The van der Waals surface area contributed by atoms with E-state index in [1.807, 2.05) is 0 Å². The molecule has 1 heterocycles. The van der Waals surface area contributed by atoms with Crippen LogP contribution in [0.5, 0.6) is 0 Å². The summed E-state index contributed by atoms with van der Waals surface area (Å²) >= 11 is 0. The zero-order valence-electron chi connectivity index (χ0n) is 12.5. The summed E-state index contributed by atoms with van der Waals surface area (Å²) in [4.78, 5) is 28.8. The number of carbonyl (C=O) groups is 2. The van der Waals surface area contributed by atoms with Gasteiger partial charge in [0, 0.05) is 11.6 Å². The monoisotopic (exact) mass is 312 g/mol. The number of carbonyl (C=O) groups excluding carboxylic acids is 2. The highest BCUT2D eigenvalue weighted by Gasteiger charge is 2.44. The molecule has 3 rings (SSSR count). The summed E-state index contributed by atoms with van der Waals surface area (Å²) in [6.07, 6.45) is 0. The molecule has 116 valence electrons. The van der Waals surface area contributed by atoms with E-state index < -0.39 is 16.4 Å². The van der Waals surface area contributed by atoms with E-state index in [0.29, 0.717) is 22.5 Å². The van der Waals surface area contributed by atoms with Crippen LogP contribution < -0.4 is 10.2 Å². The van der Waals surface area contributed by atoms with Crippen molar-refractivity contribution >= 4 is 23.3 Å². The first kappa shape index (κ1) is 15.1. The maximum absolute atomic E-state index is 13.2. The first-order chi connectivity index (χ1) is 10.9. The quantitative estimate of drug-likeness (QED) is 0.820. The fraction of sp³-hybridized carbons (Fsp3) is 0.118. The maximum Gasteiger partial charge on any atom is 0.426 e. The summed E-state index contributed by atoms with van der Waals surface area (Å²) in [6.45, 7) is -0.180. The number of likely N-dealkylation sites (N-methyl/N-ethyl adjacent to an activating group) is 1. The lowest BCUT2D eigenvalue weighted by molar-refractivity contribution is -0.125. The molecule has 2 N–H and O–H groups in total. The van der Waals surface area contributed by atoms with Gasteiger partial charge in [0.2, 0.25) is 0 Å². The molecule has 5 nitrogen and oxygen atoms in total. The van der Waals surface area contributed by atoms with Gasteiger partial charge in [0.25, 0.3) is 0 Å². The number of amides is 3. The van der Waals surface area contributed by atoms with E-state index in [9.17, 15) is 14.0 Å². The summed E-state index contributed by atoms with van der Waals surface area (Å²) in [6, 6.07) is 12.1. The van der Waals surface area contributed by atoms with Crippen LogP contribution in [-0.2, 0) is 4.79 Å². The van der Waals surface area contributed by atoms with E-state index in [0.717, 1.165) is 0 Å². The molecule has 0 spiro atoms. The lowest BCUT2D eigenvalue weighted by Crippen LogP contribution is -2.59. The number of imide groups is 1. The molecule has 23 heavy (non-hydrogen) atoms. The Bertz CT molecular complexity index is 830. The number of benzodiazepines with no additional fused rings is 1. The van der Waals surface area contributed by atoms with Crippen LogP contribution in [0.2, 0.25) is 0 Å². The molecular weight excluding hydrogens is 297 g/mol. The van der Waals surface area contributed by atoms with Crippen LogP contribution in [0, 0.1) is 5.82 Å². The Kier molecular flexibility index (Phi) is 3.54. The largest absolute Gasteiger partial charge is 0.426 e. The van der Waals surface area contributed by atoms with Crippen molar-refractivity contribution in [1.82, 2.24) is 4.48 Å². The second-order valence-electron chi connectivity index (χ2n) is 5.43. The Morgan fingerprint density at radius 1 is 1.17 bits per heavy atom. The van der Waals surface area contributed by atoms with Crippen LogP contribution >= 0.6 is 0 Å². The lowest BCUT2D eigenvalue weighted by atomic mass is 9.99. The number of urea groups is 1. The SMILES string of the molecule is C[N+]1(C(N)=O)C(=O)CN=C(c2ccc(F)cc2)c2ccccc21. The van der Waals surface area contributed by atoms with Crippen LogP contribution in [0.25, 0.3) is 0 Å². The fourth-order valence-electron chi connectivity index (χ4n) is 2.67. The number of nitrogens with two attached hydrogens (primary N) is 1. The van der Waals surface area contributed by atoms with E-state index in [1.54, 1.807) is 36.4 Å². The zero-order chi connectivity index (χ0) is 16.6. The molecule has 2 aromatic rings. The summed E-state index contributed by atoms with van der Waals surface area (Å²) in [5, 5.41) is 0. The van der Waals surface area contributed by atoms with Crippen LogP contribution in [0.15, 0.2) is 53.5 Å². The number of hydrogen-bond donors (Lipinski definition) is 1. The average molecular weight is 312 g/mol. The number of aliphatic imine (C=N–C) groups is 1. The molecule has 1 atom stereocenters. The minimum Gasteiger partial charge on any atom is -0.318 e. The summed E-state index contributed by atoms with van der Waals surface area (Å²) < 4.78 is 12.5. The molecule has 2 aromatic carbocycles. The van der Waals surface area contributed by atoms with E-state index in [1.165, 1.54) is 19.2 Å². The molecule has 0 fully saturated rings. The van der Waals surface area contributed by atoms with Crippen molar-refractivity contribution < 1.29 is 14.0 Å². The topological polar surface area (TPSA) is 72.5 Å². The van der Waals surface area contributed by atoms with Crippen LogP contribution in [0.4, 0.5) is 14.9 Å². The molecule has 1 unspecified atom stereocenters. The third kappa shape index (κ3) is 2.33. The van der Waals surface area contributed by atoms with Gasteiger partial charge < -0.3 is 5.73 Å². The minimum absolute atomic E-state index is 0.180. The highest BCUT2D eigenvalue weighted by molar-refractivity contribution is 6.21. The highest BCUT2D eigenvalue weighted by Crippen LogP contribution is 2.31. The predicted octanol–water partition coefficient (Wildman–Crippen LogP) is 2.22. The number of nitrogens with zero attached hydrogens (tertiary/aromatic N) is 2. The molecule has 0 aromatic heterocycles. The van der Waals surface area contributed by atoms with Crippen LogP contribution in [0.1, 0.15) is 11.1 Å². The predicted molar refractivity (Wildman–Crippen MR) is 85.7 cm³/mol. The molecule has 0 saturated carbocycles. The number of rotatable bonds is 1. The van der Waals surface area contributed by atoms with Gasteiger partial charge in [-0.1, -0.05) is 12.1 Å². The standard InChI is InChI=1S/C17H14FN3O2/c1-21(17(19)23)14-5-3-2-4-13(14)16(20-10-15(21)22)11-6-8-12(18)9-7-11/h2-9H,10H2,1H3,(H-,19,23)/p+1. The van der Waals surface area contributed by atoms with Crippen molar-refractivity contribution in [2.75, 3.05) is 13.6 Å². The van der Waals surface area contributed by atoms with Gasteiger partial charge in [-0.15, -0.1) is 4.48 Å². The number of fused-ring (bicyclic) bond motifs is 1. The third-order valence-corrected chi connectivity index (χ3v) is 4.07. The summed E-state index contributed by atoms with van der Waals surface area (Å²) in [7, 11) is 1.46. The van der Waals surface area contributed by atoms with Gasteiger partial charge in [0.15, 0.2) is 12.2 Å². The number of halogens is 1. The first-order valence-electron chi connectivity index (χ1n) is 7.05. The van der Waals surface area contributed by atoms with Crippen molar-refractivity contribution in [1.29, 1.82) is 0 Å². The van der Waals surface area contributed by atoms with E-state index in [2.05, 4.69) is 4.99 Å². The molecule has 1 aliphatic rings. The summed E-state index contributed by atoms with van der Waals surface area (Å²) in [5.41, 5.74) is 7.80. The molecule has 0 aliphatic carbocycles. The van der Waals surface area contributed by atoms with Gasteiger partial charge in [-0.05, 0) is 30.3 Å². The van der Waals surface area contributed by atoms with Crippen molar-refractivity contribution in [3.05, 3.63) is 65.5 Å². The van der Waals surface area contributed by atoms with E-state index in [-0.39, 0.29) is 12.4 Å². The summed E-state index contributed by atoms with van der Waals surface area (Å²) in [5.74, 6) is -0.771. The average Bonchev–Trinajstić information content (AvgIpc) is 2.66. The van der Waals surface area contributed by atoms with Gasteiger partial charge in [-0.2, -0.15) is 0 Å². The Morgan fingerprint density at radius 2 is 1.83 bits per heavy atom. The van der Waals surface area contributed by atoms with Gasteiger partial charge in [-0.3, -0.25) is 4.99 Å².